The maximum absolute atomic E-state index is 14.4. The van der Waals surface area contributed by atoms with Crippen molar-refractivity contribution in [2.24, 2.45) is 0 Å². The Hall–Kier alpha value is -2.47. The van der Waals surface area contributed by atoms with E-state index in [0.29, 0.717) is 42.6 Å². The molecule has 0 spiro atoms. The molecule has 2 saturated heterocycles. The van der Waals surface area contributed by atoms with Crippen LogP contribution in [0.3, 0.4) is 0 Å². The van der Waals surface area contributed by atoms with Gasteiger partial charge in [-0.25, -0.2) is 9.37 Å². The third-order valence-corrected chi connectivity index (χ3v) is 7.46. The zero-order valence-electron chi connectivity index (χ0n) is 21.8. The van der Waals surface area contributed by atoms with Crippen LogP contribution in [0.2, 0.25) is 0 Å². The monoisotopic (exact) mass is 615 g/mol. The zero-order chi connectivity index (χ0) is 27.4. The first-order valence-corrected chi connectivity index (χ1v) is 14.0. The molecule has 1 N–H and O–H groups in total. The molecule has 2 aliphatic heterocycles. The molecule has 0 radical (unpaired) electrons. The second-order valence-electron chi connectivity index (χ2n) is 9.98. The Morgan fingerprint density at radius 3 is 2.62 bits per heavy atom. The number of hydrogen-bond acceptors (Lipinski definition) is 6. The van der Waals surface area contributed by atoms with Crippen molar-refractivity contribution in [3.63, 3.8) is 0 Å². The van der Waals surface area contributed by atoms with E-state index in [1.165, 1.54) is 6.07 Å². The van der Waals surface area contributed by atoms with Gasteiger partial charge in [0.1, 0.15) is 29.9 Å². The average molecular weight is 617 g/mol. The van der Waals surface area contributed by atoms with E-state index in [-0.39, 0.29) is 5.82 Å². The Morgan fingerprint density at radius 1 is 1.10 bits per heavy atom. The Kier molecular flexibility index (Phi) is 8.90. The Balaban J connectivity index is 1.34. The fourth-order valence-electron chi connectivity index (χ4n) is 4.75. The fourth-order valence-corrected chi connectivity index (χ4v) is 5.25. The van der Waals surface area contributed by atoms with Gasteiger partial charge in [0.05, 0.1) is 6.61 Å². The minimum atomic E-state index is -0.775. The molecular weight excluding hydrogens is 585 g/mol. The molecule has 3 heterocycles. The standard InChI is InChI=1S/C29H31BrFN3O4S/c1-29(2)37-26-25(35-18-19-8-4-3-5-9-19)23(36-27(26)38-29)17-34(15-14-20-10-6-7-11-22(20)31)28(39)33-24-13-12-21(30)16-32-24/h3-13,16,23,25-27H,14-15,17-18H2,1-2H3,(H,32,33,39)/t23-,25+,26-,27-/m1/s1. The Labute approximate surface area is 241 Å². The van der Waals surface area contributed by atoms with Gasteiger partial charge < -0.3 is 29.2 Å². The summed E-state index contributed by atoms with van der Waals surface area (Å²) >= 11 is 9.20. The van der Waals surface area contributed by atoms with Gasteiger partial charge in [0.15, 0.2) is 17.2 Å². The Morgan fingerprint density at radius 2 is 1.87 bits per heavy atom. The smallest absolute Gasteiger partial charge is 0.190 e. The molecule has 0 bridgehead atoms. The topological polar surface area (TPSA) is 65.1 Å². The lowest BCUT2D eigenvalue weighted by Crippen LogP contribution is -2.47. The summed E-state index contributed by atoms with van der Waals surface area (Å²) in [4.78, 5) is 6.34. The number of nitrogens with one attached hydrogen (secondary N) is 1. The van der Waals surface area contributed by atoms with E-state index in [4.69, 9.17) is 31.2 Å². The lowest BCUT2D eigenvalue weighted by Gasteiger charge is -2.32. The van der Waals surface area contributed by atoms with Crippen molar-refractivity contribution in [1.82, 2.24) is 9.88 Å². The number of hydrogen-bond donors (Lipinski definition) is 1. The number of fused-ring (bicyclic) bond motifs is 1. The van der Waals surface area contributed by atoms with E-state index in [2.05, 4.69) is 26.2 Å². The van der Waals surface area contributed by atoms with Crippen LogP contribution in [0.5, 0.6) is 0 Å². The van der Waals surface area contributed by atoms with E-state index in [0.717, 1.165) is 10.0 Å². The van der Waals surface area contributed by atoms with Crippen LogP contribution in [0.4, 0.5) is 10.2 Å². The van der Waals surface area contributed by atoms with Crippen molar-refractivity contribution in [3.05, 3.63) is 94.3 Å². The van der Waals surface area contributed by atoms with E-state index in [1.54, 1.807) is 18.3 Å². The van der Waals surface area contributed by atoms with Crippen molar-refractivity contribution in [2.75, 3.05) is 18.4 Å². The van der Waals surface area contributed by atoms with Crippen LogP contribution in [0.15, 0.2) is 77.4 Å². The SMILES string of the molecule is CC1(C)O[C@H]2O[C@H](CN(CCc3ccccc3F)C(=S)Nc3ccc(Br)cn3)[C@H](OCc3ccccc3)[C@H]2O1. The minimum Gasteiger partial charge on any atom is -0.368 e. The van der Waals surface area contributed by atoms with Gasteiger partial charge in [-0.1, -0.05) is 48.5 Å². The van der Waals surface area contributed by atoms with E-state index >= 15 is 0 Å². The largest absolute Gasteiger partial charge is 0.368 e. The van der Waals surface area contributed by atoms with Gasteiger partial charge >= 0.3 is 0 Å². The summed E-state index contributed by atoms with van der Waals surface area (Å²) < 4.78 is 40.3. The molecule has 4 atom stereocenters. The number of rotatable bonds is 9. The van der Waals surface area contributed by atoms with Crippen molar-refractivity contribution in [3.8, 4) is 0 Å². The molecule has 2 fully saturated rings. The molecule has 0 aliphatic carbocycles. The normalized spacial score (nSPS) is 23.4. The van der Waals surface area contributed by atoms with Crippen molar-refractivity contribution in [1.29, 1.82) is 0 Å². The summed E-state index contributed by atoms with van der Waals surface area (Å²) in [5.41, 5.74) is 1.66. The van der Waals surface area contributed by atoms with Gasteiger partial charge in [-0.05, 0) is 77.7 Å². The molecular formula is C29H31BrFN3O4S. The molecule has 39 heavy (non-hydrogen) atoms. The van der Waals surface area contributed by atoms with Gasteiger partial charge in [-0.2, -0.15) is 0 Å². The Bertz CT molecular complexity index is 1270. The van der Waals surface area contributed by atoms with Crippen LogP contribution in [0.1, 0.15) is 25.0 Å². The van der Waals surface area contributed by atoms with Gasteiger partial charge in [0.25, 0.3) is 0 Å². The van der Waals surface area contributed by atoms with Crippen LogP contribution in [0.25, 0.3) is 0 Å². The van der Waals surface area contributed by atoms with E-state index in [1.807, 2.05) is 67.3 Å². The maximum Gasteiger partial charge on any atom is 0.190 e. The molecule has 1 aromatic heterocycles. The van der Waals surface area contributed by atoms with Gasteiger partial charge in [-0.3, -0.25) is 0 Å². The summed E-state index contributed by atoms with van der Waals surface area (Å²) in [7, 11) is 0. The number of anilines is 1. The van der Waals surface area contributed by atoms with Crippen LogP contribution >= 0.6 is 28.1 Å². The second-order valence-corrected chi connectivity index (χ2v) is 11.3. The third kappa shape index (κ3) is 7.19. The highest BCUT2D eigenvalue weighted by molar-refractivity contribution is 9.10. The zero-order valence-corrected chi connectivity index (χ0v) is 24.2. The predicted octanol–water partition coefficient (Wildman–Crippen LogP) is 5.69. The predicted molar refractivity (Wildman–Crippen MR) is 154 cm³/mol. The molecule has 0 amide bonds. The lowest BCUT2D eigenvalue weighted by molar-refractivity contribution is -0.219. The summed E-state index contributed by atoms with van der Waals surface area (Å²) in [5.74, 6) is -0.414. The van der Waals surface area contributed by atoms with Crippen LogP contribution in [-0.4, -0.2) is 58.5 Å². The summed E-state index contributed by atoms with van der Waals surface area (Å²) in [6, 6.07) is 20.4. The second kappa shape index (κ2) is 12.4. The number of nitrogens with zero attached hydrogens (tertiary/aromatic N) is 2. The van der Waals surface area contributed by atoms with Crippen LogP contribution < -0.4 is 5.32 Å². The number of ether oxygens (including phenoxy) is 4. The molecule has 5 rings (SSSR count). The van der Waals surface area contributed by atoms with E-state index < -0.39 is 30.4 Å². The highest BCUT2D eigenvalue weighted by Crippen LogP contribution is 2.39. The summed E-state index contributed by atoms with van der Waals surface area (Å²) in [6.45, 7) is 4.97. The van der Waals surface area contributed by atoms with Gasteiger partial charge in [0.2, 0.25) is 0 Å². The lowest BCUT2D eigenvalue weighted by atomic mass is 10.1. The van der Waals surface area contributed by atoms with E-state index in [9.17, 15) is 4.39 Å². The van der Waals surface area contributed by atoms with Crippen molar-refractivity contribution < 1.29 is 23.3 Å². The molecule has 206 valence electrons. The number of halogens is 2. The minimum absolute atomic E-state index is 0.245. The highest BCUT2D eigenvalue weighted by atomic mass is 79.9. The summed E-state index contributed by atoms with van der Waals surface area (Å²) in [5, 5.41) is 3.65. The first kappa shape index (κ1) is 28.1. The highest BCUT2D eigenvalue weighted by Gasteiger charge is 2.55. The number of aromatic nitrogens is 1. The molecule has 0 unspecified atom stereocenters. The number of pyridine rings is 1. The molecule has 3 aromatic rings. The quantitative estimate of drug-likeness (QED) is 0.308. The van der Waals surface area contributed by atoms with Crippen LogP contribution in [0, 0.1) is 5.82 Å². The average Bonchev–Trinajstić information content (AvgIpc) is 3.38. The van der Waals surface area contributed by atoms with Crippen molar-refractivity contribution >= 4 is 39.1 Å². The molecule has 7 nitrogen and oxygen atoms in total. The number of thiocarbonyl (C=S) groups is 1. The summed E-state index contributed by atoms with van der Waals surface area (Å²) in [6.07, 6.45) is 0.391. The number of benzene rings is 2. The van der Waals surface area contributed by atoms with Gasteiger partial charge in [-0.15, -0.1) is 0 Å². The molecule has 2 aromatic carbocycles. The molecule has 10 heteroatoms. The first-order valence-electron chi connectivity index (χ1n) is 12.8. The van der Waals surface area contributed by atoms with Gasteiger partial charge in [0, 0.05) is 23.8 Å². The maximum atomic E-state index is 14.4. The van der Waals surface area contributed by atoms with Crippen molar-refractivity contribution in [2.45, 2.75) is 57.3 Å². The first-order chi connectivity index (χ1) is 18.8. The molecule has 0 saturated carbocycles. The third-order valence-electron chi connectivity index (χ3n) is 6.63. The van der Waals surface area contributed by atoms with Crippen LogP contribution in [-0.2, 0) is 32.0 Å². The fraction of sp³-hybridized carbons (Fsp3) is 0.379. The molecule has 2 aliphatic rings.